The summed E-state index contributed by atoms with van der Waals surface area (Å²) in [6.45, 7) is 1.94. The van der Waals surface area contributed by atoms with E-state index in [1.165, 1.54) is 12.3 Å². The van der Waals surface area contributed by atoms with Crippen LogP contribution in [0.25, 0.3) is 0 Å². The summed E-state index contributed by atoms with van der Waals surface area (Å²) in [5.41, 5.74) is 7.38. The van der Waals surface area contributed by atoms with Gasteiger partial charge in [-0.2, -0.15) is 0 Å². The van der Waals surface area contributed by atoms with E-state index in [0.717, 1.165) is 11.1 Å². The second-order valence-corrected chi connectivity index (χ2v) is 2.52. The van der Waals surface area contributed by atoms with Crippen molar-refractivity contribution in [1.29, 1.82) is 5.41 Å². The van der Waals surface area contributed by atoms with Crippen LogP contribution in [-0.2, 0) is 0 Å². The van der Waals surface area contributed by atoms with Gasteiger partial charge in [-0.25, -0.2) is 0 Å². The van der Waals surface area contributed by atoms with Crippen LogP contribution >= 0.6 is 0 Å². The highest BCUT2D eigenvalue weighted by molar-refractivity contribution is 6.06. The first-order valence-electron chi connectivity index (χ1n) is 3.63. The van der Waals surface area contributed by atoms with E-state index < -0.39 is 0 Å². The third-order valence-electron chi connectivity index (χ3n) is 1.45. The fourth-order valence-corrected chi connectivity index (χ4v) is 0.895. The summed E-state index contributed by atoms with van der Waals surface area (Å²) in [5.74, 6) is 0. The van der Waals surface area contributed by atoms with Gasteiger partial charge in [0.2, 0.25) is 0 Å². The molecule has 0 aliphatic rings. The molecule has 0 saturated carbocycles. The van der Waals surface area contributed by atoms with E-state index in [9.17, 15) is 0 Å². The minimum absolute atomic E-state index is 0.383. The van der Waals surface area contributed by atoms with E-state index in [1.807, 2.05) is 13.0 Å². The van der Waals surface area contributed by atoms with Crippen LogP contribution in [-0.4, -0.2) is 10.7 Å². The van der Waals surface area contributed by atoms with Crippen LogP contribution in [0.4, 0.5) is 0 Å². The number of aryl methyl sites for hydroxylation is 1. The van der Waals surface area contributed by atoms with Crippen LogP contribution in [0.3, 0.4) is 0 Å². The van der Waals surface area contributed by atoms with Gasteiger partial charge in [-0.05, 0) is 30.8 Å². The van der Waals surface area contributed by atoms with Gasteiger partial charge in [0.1, 0.15) is 0 Å². The number of hydrogen-bond donors (Lipinski definition) is 2. The third kappa shape index (κ3) is 1.92. The smallest absolute Gasteiger partial charge is 0.0642 e. The predicted octanol–water partition coefficient (Wildman–Crippen LogP) is 1.23. The van der Waals surface area contributed by atoms with Crippen molar-refractivity contribution in [3.8, 4) is 0 Å². The Hall–Kier alpha value is -1.64. The third-order valence-corrected chi connectivity index (χ3v) is 1.45. The Balaban J connectivity index is 2.96. The van der Waals surface area contributed by atoms with Crippen LogP contribution in [0.1, 0.15) is 11.1 Å². The number of allylic oxidation sites excluding steroid dienone is 1. The largest absolute Gasteiger partial charge is 0.405 e. The predicted molar refractivity (Wildman–Crippen MR) is 49.1 cm³/mol. The number of hydrogen-bond acceptors (Lipinski definition) is 3. The van der Waals surface area contributed by atoms with E-state index in [2.05, 4.69) is 4.98 Å². The van der Waals surface area contributed by atoms with E-state index in [1.54, 1.807) is 12.4 Å². The van der Waals surface area contributed by atoms with E-state index in [0.29, 0.717) is 5.71 Å². The van der Waals surface area contributed by atoms with Gasteiger partial charge in [0.05, 0.1) is 5.71 Å². The zero-order valence-corrected chi connectivity index (χ0v) is 6.91. The number of pyridine rings is 1. The van der Waals surface area contributed by atoms with Crippen molar-refractivity contribution in [2.75, 3.05) is 0 Å². The molecule has 0 atom stereocenters. The first-order chi connectivity index (χ1) is 5.74. The monoisotopic (exact) mass is 161 g/mol. The Labute approximate surface area is 71.4 Å². The lowest BCUT2D eigenvalue weighted by Crippen LogP contribution is -1.97. The average molecular weight is 161 g/mol. The van der Waals surface area contributed by atoms with Gasteiger partial charge < -0.3 is 11.1 Å². The highest BCUT2D eigenvalue weighted by atomic mass is 14.6. The van der Waals surface area contributed by atoms with Crippen molar-refractivity contribution in [2.45, 2.75) is 6.92 Å². The minimum atomic E-state index is 0.383. The summed E-state index contributed by atoms with van der Waals surface area (Å²) in [5, 5.41) is 7.52. The van der Waals surface area contributed by atoms with Gasteiger partial charge in [-0.1, -0.05) is 0 Å². The van der Waals surface area contributed by atoms with E-state index in [4.69, 9.17) is 11.1 Å². The Morgan fingerprint density at radius 3 is 2.92 bits per heavy atom. The normalized spacial score (nSPS) is 10.4. The summed E-state index contributed by atoms with van der Waals surface area (Å²) in [6.07, 6.45) is 6.29. The van der Waals surface area contributed by atoms with Crippen LogP contribution in [0.5, 0.6) is 0 Å². The van der Waals surface area contributed by atoms with Crippen LogP contribution in [0.15, 0.2) is 30.7 Å². The molecule has 0 amide bonds. The molecule has 0 spiro atoms. The second kappa shape index (κ2) is 3.67. The van der Waals surface area contributed by atoms with Gasteiger partial charge in [0.15, 0.2) is 0 Å². The minimum Gasteiger partial charge on any atom is -0.405 e. The van der Waals surface area contributed by atoms with Gasteiger partial charge in [0.25, 0.3) is 0 Å². The summed E-state index contributed by atoms with van der Waals surface area (Å²) in [6, 6.07) is 1.90. The Morgan fingerprint density at radius 1 is 1.58 bits per heavy atom. The maximum atomic E-state index is 7.52. The van der Waals surface area contributed by atoms with Gasteiger partial charge in [0, 0.05) is 18.0 Å². The summed E-state index contributed by atoms with van der Waals surface area (Å²) < 4.78 is 0. The molecule has 0 saturated heterocycles. The molecule has 0 aliphatic carbocycles. The maximum absolute atomic E-state index is 7.52. The Morgan fingerprint density at radius 2 is 2.33 bits per heavy atom. The molecule has 0 bridgehead atoms. The zero-order valence-electron chi connectivity index (χ0n) is 6.91. The van der Waals surface area contributed by atoms with Crippen LogP contribution in [0.2, 0.25) is 0 Å². The number of nitrogens with one attached hydrogen (secondary N) is 1. The van der Waals surface area contributed by atoms with Crippen molar-refractivity contribution in [3.05, 3.63) is 41.9 Å². The number of aromatic nitrogens is 1. The van der Waals surface area contributed by atoms with E-state index in [-0.39, 0.29) is 0 Å². The fourth-order valence-electron chi connectivity index (χ4n) is 0.895. The lowest BCUT2D eigenvalue weighted by atomic mass is 10.1. The molecule has 1 aromatic heterocycles. The molecule has 1 aromatic rings. The number of rotatable bonds is 2. The first-order valence-corrected chi connectivity index (χ1v) is 3.63. The molecule has 1 rings (SSSR count). The van der Waals surface area contributed by atoms with E-state index >= 15 is 0 Å². The summed E-state index contributed by atoms with van der Waals surface area (Å²) >= 11 is 0. The molecule has 1 heterocycles. The van der Waals surface area contributed by atoms with Crippen molar-refractivity contribution in [1.82, 2.24) is 4.98 Å². The molecule has 0 aromatic carbocycles. The Bertz CT molecular complexity index is 315. The molecule has 62 valence electrons. The first kappa shape index (κ1) is 8.46. The number of nitrogens with two attached hydrogens (primary N) is 1. The zero-order chi connectivity index (χ0) is 8.97. The highest BCUT2D eigenvalue weighted by Gasteiger charge is 1.96. The van der Waals surface area contributed by atoms with Gasteiger partial charge in [-0.15, -0.1) is 0 Å². The maximum Gasteiger partial charge on any atom is 0.0642 e. The molecule has 0 unspecified atom stereocenters. The molecule has 3 nitrogen and oxygen atoms in total. The van der Waals surface area contributed by atoms with Crippen LogP contribution in [0, 0.1) is 12.3 Å². The van der Waals surface area contributed by atoms with Gasteiger partial charge >= 0.3 is 0 Å². The molecule has 0 radical (unpaired) electrons. The molecule has 12 heavy (non-hydrogen) atoms. The van der Waals surface area contributed by atoms with Gasteiger partial charge in [-0.3, -0.25) is 4.98 Å². The molecule has 3 heteroatoms. The Kier molecular flexibility index (Phi) is 2.58. The molecule has 0 fully saturated rings. The molecule has 3 N–H and O–H groups in total. The fraction of sp³-hybridized carbons (Fsp3) is 0.111. The lowest BCUT2D eigenvalue weighted by molar-refractivity contribution is 1.25. The molecular weight excluding hydrogens is 150 g/mol. The molecular formula is C9H11N3. The van der Waals surface area contributed by atoms with Crippen molar-refractivity contribution in [2.24, 2.45) is 5.73 Å². The lowest BCUT2D eigenvalue weighted by Gasteiger charge is -1.98. The summed E-state index contributed by atoms with van der Waals surface area (Å²) in [7, 11) is 0. The number of nitrogens with zero attached hydrogens (tertiary/aromatic N) is 1. The SMILES string of the molecule is Cc1cncc(C(=N)/C=C\N)c1. The summed E-state index contributed by atoms with van der Waals surface area (Å²) in [4.78, 5) is 3.97. The highest BCUT2D eigenvalue weighted by Crippen LogP contribution is 2.02. The van der Waals surface area contributed by atoms with Crippen molar-refractivity contribution < 1.29 is 0 Å². The quantitative estimate of drug-likeness (QED) is 0.641. The van der Waals surface area contributed by atoms with Crippen molar-refractivity contribution >= 4 is 5.71 Å². The average Bonchev–Trinajstić information content (AvgIpc) is 2.05. The standard InChI is InChI=1S/C9H11N3/c1-7-4-8(6-12-5-7)9(11)2-3-10/h2-6,11H,10H2,1H3/b3-2-,11-9?. The second-order valence-electron chi connectivity index (χ2n) is 2.52. The molecule has 0 aliphatic heterocycles. The topological polar surface area (TPSA) is 62.8 Å². The van der Waals surface area contributed by atoms with Crippen molar-refractivity contribution in [3.63, 3.8) is 0 Å². The van der Waals surface area contributed by atoms with Crippen LogP contribution < -0.4 is 5.73 Å².